The van der Waals surface area contributed by atoms with Crippen molar-refractivity contribution in [3.8, 4) is 23.3 Å². The summed E-state index contributed by atoms with van der Waals surface area (Å²) in [5, 5.41) is 12.2. The summed E-state index contributed by atoms with van der Waals surface area (Å²) in [6.45, 7) is 2.09. The van der Waals surface area contributed by atoms with E-state index in [2.05, 4.69) is 6.07 Å². The fourth-order valence-corrected chi connectivity index (χ4v) is 4.60. The minimum absolute atomic E-state index is 0.0610. The van der Waals surface area contributed by atoms with Crippen LogP contribution >= 0.6 is 11.3 Å². The van der Waals surface area contributed by atoms with Crippen LogP contribution in [0.15, 0.2) is 80.6 Å². The number of thiophene rings is 1. The Labute approximate surface area is 203 Å². The molecule has 5 rings (SSSR count). The zero-order valence-electron chi connectivity index (χ0n) is 18.4. The maximum Gasteiger partial charge on any atom is 0.353 e. The molecule has 4 aromatic rings. The van der Waals surface area contributed by atoms with Gasteiger partial charge in [-0.1, -0.05) is 24.3 Å². The van der Waals surface area contributed by atoms with Gasteiger partial charge in [0.05, 0.1) is 23.5 Å². The Bertz CT molecular complexity index is 1580. The van der Waals surface area contributed by atoms with Crippen molar-refractivity contribution in [3.63, 3.8) is 0 Å². The van der Waals surface area contributed by atoms with Crippen LogP contribution in [0.3, 0.4) is 0 Å². The van der Waals surface area contributed by atoms with Crippen LogP contribution < -0.4 is 25.6 Å². The van der Waals surface area contributed by atoms with Gasteiger partial charge >= 0.3 is 11.6 Å². The highest BCUT2D eigenvalue weighted by Gasteiger charge is 2.36. The fraction of sp³-hybridized carbons (Fsp3) is 0.115. The number of rotatable bonds is 5. The number of allylic oxidation sites excluding steroid dienone is 1. The maximum absolute atomic E-state index is 13.1. The fourth-order valence-electron chi connectivity index (χ4n) is 4.00. The molecule has 0 radical (unpaired) electrons. The van der Waals surface area contributed by atoms with E-state index in [1.54, 1.807) is 66.9 Å². The van der Waals surface area contributed by atoms with Crippen molar-refractivity contribution in [1.29, 1.82) is 5.26 Å². The van der Waals surface area contributed by atoms with Gasteiger partial charge < -0.3 is 24.4 Å². The second kappa shape index (κ2) is 9.00. The normalized spacial score (nSPS) is 14.7. The number of para-hydroxylation sites is 1. The highest BCUT2D eigenvalue weighted by Crippen LogP contribution is 2.45. The number of ether oxygens (including phenoxy) is 3. The van der Waals surface area contributed by atoms with Gasteiger partial charge in [-0.3, -0.25) is 0 Å². The van der Waals surface area contributed by atoms with E-state index in [1.165, 1.54) is 11.3 Å². The smallest absolute Gasteiger partial charge is 0.353 e. The Morgan fingerprint density at radius 3 is 2.74 bits per heavy atom. The average molecular weight is 487 g/mol. The number of nitrogens with zero attached hydrogens (tertiary/aromatic N) is 1. The van der Waals surface area contributed by atoms with Crippen molar-refractivity contribution in [3.05, 3.63) is 97.9 Å². The van der Waals surface area contributed by atoms with E-state index in [0.717, 1.165) is 0 Å². The second-order valence-corrected chi connectivity index (χ2v) is 8.51. The summed E-state index contributed by atoms with van der Waals surface area (Å²) in [5.41, 5.74) is 6.56. The van der Waals surface area contributed by atoms with Crippen LogP contribution in [0.2, 0.25) is 0 Å². The summed E-state index contributed by atoms with van der Waals surface area (Å²) in [6, 6.07) is 17.2. The first-order valence-corrected chi connectivity index (χ1v) is 11.6. The molecule has 0 saturated heterocycles. The predicted octanol–water partition coefficient (Wildman–Crippen LogP) is 4.69. The maximum atomic E-state index is 13.1. The molecule has 9 heteroatoms. The third kappa shape index (κ3) is 3.90. The molecule has 35 heavy (non-hydrogen) atoms. The molecule has 3 heterocycles. The van der Waals surface area contributed by atoms with E-state index in [1.807, 2.05) is 0 Å². The Kier molecular flexibility index (Phi) is 5.73. The summed E-state index contributed by atoms with van der Waals surface area (Å²) < 4.78 is 22.6. The first-order valence-electron chi connectivity index (χ1n) is 10.7. The number of carbonyl (C=O) groups is 1. The third-order valence-corrected chi connectivity index (χ3v) is 6.35. The van der Waals surface area contributed by atoms with Gasteiger partial charge in [-0.2, -0.15) is 5.26 Å². The number of hydrogen-bond acceptors (Lipinski definition) is 9. The Hall–Kier alpha value is -4.55. The minimum Gasteiger partial charge on any atom is -0.490 e. The number of fused-ring (bicyclic) bond motifs is 3. The molecule has 2 aromatic carbocycles. The molecule has 2 aromatic heterocycles. The van der Waals surface area contributed by atoms with E-state index in [0.29, 0.717) is 28.0 Å². The number of nitrogens with two attached hydrogens (primary N) is 1. The summed E-state index contributed by atoms with van der Waals surface area (Å²) in [4.78, 5) is 26.0. The number of benzene rings is 2. The van der Waals surface area contributed by atoms with E-state index >= 15 is 0 Å². The largest absolute Gasteiger partial charge is 0.490 e. The lowest BCUT2D eigenvalue weighted by Gasteiger charge is -2.26. The van der Waals surface area contributed by atoms with Gasteiger partial charge in [0.15, 0.2) is 17.2 Å². The highest BCUT2D eigenvalue weighted by atomic mass is 32.1. The minimum atomic E-state index is -0.870. The molecular formula is C26H18N2O6S. The lowest BCUT2D eigenvalue weighted by Crippen LogP contribution is -2.26. The zero-order chi connectivity index (χ0) is 24.5. The van der Waals surface area contributed by atoms with Crippen LogP contribution in [0.5, 0.6) is 17.2 Å². The highest BCUT2D eigenvalue weighted by molar-refractivity contribution is 7.12. The van der Waals surface area contributed by atoms with Crippen LogP contribution in [0.25, 0.3) is 11.0 Å². The second-order valence-electron chi connectivity index (χ2n) is 7.56. The zero-order valence-corrected chi connectivity index (χ0v) is 19.3. The first kappa shape index (κ1) is 22.3. The molecule has 0 spiro atoms. The number of nitriles is 1. The summed E-state index contributed by atoms with van der Waals surface area (Å²) >= 11 is 1.26. The Morgan fingerprint density at radius 1 is 1.17 bits per heavy atom. The van der Waals surface area contributed by atoms with Crippen molar-refractivity contribution in [2.45, 2.75) is 12.8 Å². The van der Waals surface area contributed by atoms with Crippen molar-refractivity contribution in [2.24, 2.45) is 5.73 Å². The average Bonchev–Trinajstić information content (AvgIpc) is 3.40. The molecule has 1 atom stereocenters. The molecule has 174 valence electrons. The Morgan fingerprint density at radius 2 is 2.00 bits per heavy atom. The molecule has 0 bridgehead atoms. The molecule has 0 amide bonds. The SMILES string of the molecule is CCOc1cc([C@@H]2C(C#N)=C(N)Oc3c2c(=O)oc2ccccc32)ccc1OC(=O)c1cccs1. The van der Waals surface area contributed by atoms with Crippen molar-refractivity contribution < 1.29 is 23.4 Å². The van der Waals surface area contributed by atoms with Crippen LogP contribution in [-0.4, -0.2) is 12.6 Å². The van der Waals surface area contributed by atoms with Gasteiger partial charge in [0.2, 0.25) is 5.88 Å². The molecule has 1 aliphatic rings. The number of hydrogen-bond donors (Lipinski definition) is 1. The quantitative estimate of drug-likeness (QED) is 0.245. The van der Waals surface area contributed by atoms with Gasteiger partial charge in [-0.05, 0) is 48.2 Å². The lowest BCUT2D eigenvalue weighted by molar-refractivity contribution is 0.0733. The molecule has 1 aliphatic heterocycles. The first-order chi connectivity index (χ1) is 17.0. The molecule has 0 unspecified atom stereocenters. The van der Waals surface area contributed by atoms with Crippen molar-refractivity contribution >= 4 is 28.3 Å². The van der Waals surface area contributed by atoms with Gasteiger partial charge in [0, 0.05) is 0 Å². The monoisotopic (exact) mass is 486 g/mol. The number of esters is 1. The van der Waals surface area contributed by atoms with Crippen molar-refractivity contribution in [2.75, 3.05) is 6.61 Å². The van der Waals surface area contributed by atoms with Crippen LogP contribution in [0.1, 0.15) is 33.6 Å². The van der Waals surface area contributed by atoms with Gasteiger partial charge in [-0.15, -0.1) is 11.3 Å². The molecule has 0 fully saturated rings. The topological polar surface area (TPSA) is 125 Å². The Balaban J connectivity index is 1.65. The summed E-state index contributed by atoms with van der Waals surface area (Å²) in [5.74, 6) is -0.757. The van der Waals surface area contributed by atoms with Crippen LogP contribution in [0, 0.1) is 11.3 Å². The molecule has 8 nitrogen and oxygen atoms in total. The molecule has 0 aliphatic carbocycles. The standard InChI is InChI=1S/C26H18N2O6S/c1-2-31-19-12-14(9-10-18(19)33-25(29)20-8-5-11-35-20)21-16(13-27)24(28)34-23-15-6-3-4-7-17(15)32-26(30)22(21)23/h3-12,21H,2,28H2,1H3/t21-/m1/s1. The summed E-state index contributed by atoms with van der Waals surface area (Å²) in [6.07, 6.45) is 0. The van der Waals surface area contributed by atoms with E-state index in [4.69, 9.17) is 24.4 Å². The van der Waals surface area contributed by atoms with Gasteiger partial charge in [0.25, 0.3) is 0 Å². The van der Waals surface area contributed by atoms with E-state index < -0.39 is 17.5 Å². The molecule has 0 saturated carbocycles. The third-order valence-electron chi connectivity index (χ3n) is 5.50. The molecule has 2 N–H and O–H groups in total. The lowest BCUT2D eigenvalue weighted by atomic mass is 9.83. The predicted molar refractivity (Wildman–Crippen MR) is 129 cm³/mol. The number of carbonyl (C=O) groups excluding carboxylic acids is 1. The van der Waals surface area contributed by atoms with Crippen LogP contribution in [0.4, 0.5) is 0 Å². The molecular weight excluding hydrogens is 468 g/mol. The van der Waals surface area contributed by atoms with Crippen molar-refractivity contribution in [1.82, 2.24) is 0 Å². The summed E-state index contributed by atoms with van der Waals surface area (Å²) in [7, 11) is 0. The van der Waals surface area contributed by atoms with E-state index in [-0.39, 0.29) is 34.3 Å². The van der Waals surface area contributed by atoms with Crippen LogP contribution in [-0.2, 0) is 0 Å². The van der Waals surface area contributed by atoms with Gasteiger partial charge in [0.1, 0.15) is 22.1 Å². The van der Waals surface area contributed by atoms with E-state index in [9.17, 15) is 14.9 Å². The van der Waals surface area contributed by atoms with Gasteiger partial charge in [-0.25, -0.2) is 9.59 Å².